The molecule has 0 aromatic carbocycles. The Hall–Kier alpha value is -1.43. The van der Waals surface area contributed by atoms with Gasteiger partial charge < -0.3 is 15.6 Å². The minimum absolute atomic E-state index is 0.0974. The van der Waals surface area contributed by atoms with E-state index in [9.17, 15) is 4.79 Å². The van der Waals surface area contributed by atoms with Crippen LogP contribution in [0.5, 0.6) is 0 Å². The highest BCUT2D eigenvalue weighted by Gasteiger charge is 2.32. The zero-order valence-electron chi connectivity index (χ0n) is 9.27. The largest absolute Gasteiger partial charge is 0.352 e. The number of hydrogen-bond acceptors (Lipinski definition) is 5. The molecule has 3 N–H and O–H groups in total. The third kappa shape index (κ3) is 1.92. The maximum Gasteiger partial charge on any atom is 0.292 e. The molecule has 16 heavy (non-hydrogen) atoms. The normalized spacial score (nSPS) is 24.6. The van der Waals surface area contributed by atoms with Crippen LogP contribution >= 0.6 is 0 Å². The molecule has 1 aromatic heterocycles. The van der Waals surface area contributed by atoms with Gasteiger partial charge in [-0.25, -0.2) is 0 Å². The molecule has 1 saturated carbocycles. The summed E-state index contributed by atoms with van der Waals surface area (Å²) in [6.45, 7) is 0.627. The zero-order valence-corrected chi connectivity index (χ0v) is 9.27. The lowest BCUT2D eigenvalue weighted by Crippen LogP contribution is -2.20. The van der Waals surface area contributed by atoms with E-state index in [1.807, 2.05) is 0 Å². The highest BCUT2D eigenvalue weighted by atomic mass is 16.5. The molecular weight excluding hydrogens is 208 g/mol. The fourth-order valence-electron chi connectivity index (χ4n) is 2.23. The van der Waals surface area contributed by atoms with Crippen molar-refractivity contribution in [2.75, 3.05) is 13.6 Å². The SMILES string of the molecule is CNC(=O)c1noc(C2CCCC2CN)n1. The maximum absolute atomic E-state index is 11.3. The van der Waals surface area contributed by atoms with E-state index < -0.39 is 0 Å². The molecule has 2 rings (SSSR count). The lowest BCUT2D eigenvalue weighted by Gasteiger charge is -2.12. The van der Waals surface area contributed by atoms with Gasteiger partial charge in [-0.1, -0.05) is 11.6 Å². The fourth-order valence-corrected chi connectivity index (χ4v) is 2.23. The summed E-state index contributed by atoms with van der Waals surface area (Å²) in [6.07, 6.45) is 3.24. The molecule has 0 spiro atoms. The number of amides is 1. The van der Waals surface area contributed by atoms with Crippen LogP contribution in [-0.2, 0) is 0 Å². The number of carbonyl (C=O) groups is 1. The maximum atomic E-state index is 11.3. The molecule has 88 valence electrons. The average Bonchev–Trinajstić information content (AvgIpc) is 2.95. The molecule has 0 radical (unpaired) electrons. The van der Waals surface area contributed by atoms with Gasteiger partial charge in [-0.2, -0.15) is 4.98 Å². The highest BCUT2D eigenvalue weighted by molar-refractivity contribution is 5.89. The second kappa shape index (κ2) is 4.61. The molecule has 6 heteroatoms. The molecule has 2 atom stereocenters. The first-order valence-electron chi connectivity index (χ1n) is 5.52. The van der Waals surface area contributed by atoms with Crippen molar-refractivity contribution >= 4 is 5.91 Å². The Labute approximate surface area is 93.6 Å². The number of nitrogens with one attached hydrogen (secondary N) is 1. The number of nitrogens with two attached hydrogens (primary N) is 1. The second-order valence-electron chi connectivity index (χ2n) is 4.07. The summed E-state index contributed by atoms with van der Waals surface area (Å²) in [5.74, 6) is 0.943. The molecular formula is C10H16N4O2. The highest BCUT2D eigenvalue weighted by Crippen LogP contribution is 2.37. The third-order valence-electron chi connectivity index (χ3n) is 3.15. The summed E-state index contributed by atoms with van der Waals surface area (Å²) < 4.78 is 5.13. The molecule has 0 saturated heterocycles. The number of aromatic nitrogens is 2. The Kier molecular flexibility index (Phi) is 3.19. The van der Waals surface area contributed by atoms with Gasteiger partial charge in [0.15, 0.2) is 0 Å². The fraction of sp³-hybridized carbons (Fsp3) is 0.700. The van der Waals surface area contributed by atoms with Crippen LogP contribution in [0, 0.1) is 5.92 Å². The van der Waals surface area contributed by atoms with Crippen LogP contribution in [0.15, 0.2) is 4.52 Å². The van der Waals surface area contributed by atoms with Crippen molar-refractivity contribution in [3.05, 3.63) is 11.7 Å². The van der Waals surface area contributed by atoms with E-state index >= 15 is 0 Å². The summed E-state index contributed by atoms with van der Waals surface area (Å²) in [4.78, 5) is 15.4. The number of nitrogens with zero attached hydrogens (tertiary/aromatic N) is 2. The topological polar surface area (TPSA) is 94.0 Å². The Morgan fingerprint density at radius 3 is 3.12 bits per heavy atom. The monoisotopic (exact) mass is 224 g/mol. The summed E-state index contributed by atoms with van der Waals surface area (Å²) in [7, 11) is 1.54. The minimum Gasteiger partial charge on any atom is -0.352 e. The number of rotatable bonds is 3. The van der Waals surface area contributed by atoms with Gasteiger partial charge in [-0.05, 0) is 25.3 Å². The van der Waals surface area contributed by atoms with Gasteiger partial charge in [0.05, 0.1) is 0 Å². The quantitative estimate of drug-likeness (QED) is 0.768. The predicted molar refractivity (Wildman–Crippen MR) is 56.8 cm³/mol. The first-order valence-corrected chi connectivity index (χ1v) is 5.52. The molecule has 6 nitrogen and oxygen atoms in total. The van der Waals surface area contributed by atoms with Crippen molar-refractivity contribution in [3.8, 4) is 0 Å². The smallest absolute Gasteiger partial charge is 0.292 e. The molecule has 1 fully saturated rings. The lowest BCUT2D eigenvalue weighted by atomic mass is 9.96. The lowest BCUT2D eigenvalue weighted by molar-refractivity contribution is 0.0950. The summed E-state index contributed by atoms with van der Waals surface area (Å²) >= 11 is 0. The van der Waals surface area contributed by atoms with Gasteiger partial charge in [-0.15, -0.1) is 0 Å². The van der Waals surface area contributed by atoms with E-state index in [4.69, 9.17) is 10.3 Å². The summed E-state index contributed by atoms with van der Waals surface area (Å²) in [5.41, 5.74) is 5.69. The van der Waals surface area contributed by atoms with Crippen molar-refractivity contribution in [3.63, 3.8) is 0 Å². The van der Waals surface area contributed by atoms with Crippen LogP contribution in [0.1, 0.15) is 41.7 Å². The molecule has 1 heterocycles. The molecule has 0 aliphatic heterocycles. The van der Waals surface area contributed by atoms with E-state index in [1.54, 1.807) is 0 Å². The van der Waals surface area contributed by atoms with E-state index in [1.165, 1.54) is 7.05 Å². The molecule has 1 aromatic rings. The Bertz CT molecular complexity index is 377. The van der Waals surface area contributed by atoms with Gasteiger partial charge in [0, 0.05) is 13.0 Å². The minimum atomic E-state index is -0.322. The van der Waals surface area contributed by atoms with Crippen LogP contribution in [0.25, 0.3) is 0 Å². The van der Waals surface area contributed by atoms with Gasteiger partial charge in [0.1, 0.15) is 0 Å². The summed E-state index contributed by atoms with van der Waals surface area (Å²) in [5, 5.41) is 6.12. The van der Waals surface area contributed by atoms with Crippen molar-refractivity contribution < 1.29 is 9.32 Å². The van der Waals surface area contributed by atoms with Crippen LogP contribution in [0.3, 0.4) is 0 Å². The van der Waals surface area contributed by atoms with Gasteiger partial charge in [0.25, 0.3) is 11.7 Å². The standard InChI is InChI=1S/C10H16N4O2/c1-12-9(15)8-13-10(16-14-8)7-4-2-3-6(7)5-11/h6-7H,2-5,11H2,1H3,(H,12,15). The van der Waals surface area contributed by atoms with Crippen LogP contribution in [-0.4, -0.2) is 29.6 Å². The zero-order chi connectivity index (χ0) is 11.5. The van der Waals surface area contributed by atoms with Crippen molar-refractivity contribution in [1.82, 2.24) is 15.5 Å². The number of hydrogen-bond donors (Lipinski definition) is 2. The van der Waals surface area contributed by atoms with E-state index in [-0.39, 0.29) is 17.6 Å². The molecule has 2 unspecified atom stereocenters. The third-order valence-corrected chi connectivity index (χ3v) is 3.15. The van der Waals surface area contributed by atoms with Crippen LogP contribution in [0.2, 0.25) is 0 Å². The van der Waals surface area contributed by atoms with Crippen LogP contribution < -0.4 is 11.1 Å². The predicted octanol–water partition coefficient (Wildman–Crippen LogP) is 0.272. The first kappa shape index (κ1) is 11.1. The van der Waals surface area contributed by atoms with E-state index in [0.717, 1.165) is 19.3 Å². The van der Waals surface area contributed by atoms with E-state index in [0.29, 0.717) is 18.4 Å². The van der Waals surface area contributed by atoms with Gasteiger partial charge in [0.2, 0.25) is 5.89 Å². The first-order chi connectivity index (χ1) is 7.76. The Morgan fingerprint density at radius 1 is 1.62 bits per heavy atom. The average molecular weight is 224 g/mol. The molecule has 1 aliphatic carbocycles. The van der Waals surface area contributed by atoms with Gasteiger partial charge >= 0.3 is 0 Å². The molecule has 0 bridgehead atoms. The van der Waals surface area contributed by atoms with Gasteiger partial charge in [-0.3, -0.25) is 4.79 Å². The number of carbonyl (C=O) groups excluding carboxylic acids is 1. The second-order valence-corrected chi connectivity index (χ2v) is 4.07. The Morgan fingerprint density at radius 2 is 2.44 bits per heavy atom. The van der Waals surface area contributed by atoms with Crippen molar-refractivity contribution in [2.24, 2.45) is 11.7 Å². The van der Waals surface area contributed by atoms with E-state index in [2.05, 4.69) is 15.5 Å². The van der Waals surface area contributed by atoms with Crippen molar-refractivity contribution in [1.29, 1.82) is 0 Å². The van der Waals surface area contributed by atoms with Crippen molar-refractivity contribution in [2.45, 2.75) is 25.2 Å². The molecule has 1 aliphatic rings. The Balaban J connectivity index is 2.15. The van der Waals surface area contributed by atoms with Crippen LogP contribution in [0.4, 0.5) is 0 Å². The molecule has 1 amide bonds. The summed E-state index contributed by atoms with van der Waals surface area (Å²) in [6, 6.07) is 0.